The molecule has 0 bridgehead atoms. The summed E-state index contributed by atoms with van der Waals surface area (Å²) in [5.74, 6) is 10.00. The fraction of sp³-hybridized carbons (Fsp3) is 0.271. The topological polar surface area (TPSA) is 601 Å². The van der Waals surface area contributed by atoms with E-state index in [2.05, 4.69) is 163 Å². The number of H-pyrrole nitrogens is 1. The van der Waals surface area contributed by atoms with Crippen molar-refractivity contribution in [2.24, 2.45) is 25.0 Å². The highest BCUT2D eigenvalue weighted by Gasteiger charge is 2.22. The molecule has 1 saturated heterocycles. The summed E-state index contributed by atoms with van der Waals surface area (Å²) in [6, 6.07) is 25.9. The first kappa shape index (κ1) is 107. The number of carboxylic acid groups (broad SMARTS) is 4. The van der Waals surface area contributed by atoms with Crippen molar-refractivity contribution >= 4 is 137 Å². The lowest BCUT2D eigenvalue weighted by atomic mass is 10.0. The summed E-state index contributed by atoms with van der Waals surface area (Å²) in [6.07, 6.45) is 28.1. The molecule has 1 fully saturated rings. The zero-order valence-corrected chi connectivity index (χ0v) is 79.7. The van der Waals surface area contributed by atoms with Gasteiger partial charge in [-0.2, -0.15) is 5.10 Å². The SMILES string of the molecule is CCOc1cncnc1Nc1cc2c(cc1OC)CN=C2.COCCOc1cncnc1Nc1cc2c(cc1C)CN=C2.COc1cc(Nc2cc3c(cc2OC)CN=C3)ncn1.COc1cc2[nH]ncc2cc1Nc1ncncc1OCCN1CCOCC1.COc1cc2c(cc1Nc1ncncc1OC)C=NC2.Cc1cc2c(cc1Nc1ncncc1OCCO)C=NC2.O=CO.O=CO.O=CO.O=CO. The number of methoxy groups -OCH3 is 7. The summed E-state index contributed by atoms with van der Waals surface area (Å²) >= 11 is 0. The minimum atomic E-state index is -0.250. The third-order valence-electron chi connectivity index (χ3n) is 20.5. The molecule has 143 heavy (non-hydrogen) atoms. The third-order valence-corrected chi connectivity index (χ3v) is 20.5. The number of anilines is 12. The predicted molar refractivity (Wildman–Crippen MR) is 534 cm³/mol. The van der Waals surface area contributed by atoms with Gasteiger partial charge in [0.1, 0.15) is 86.6 Å². The number of aryl methyl sites for hydroxylation is 2. The van der Waals surface area contributed by atoms with E-state index in [0.29, 0.717) is 121 Å². The molecule has 6 aromatic carbocycles. The molecule has 12 N–H and O–H groups in total. The zero-order valence-electron chi connectivity index (χ0n) is 79.7. The van der Waals surface area contributed by atoms with Gasteiger partial charge < -0.3 is 114 Å². The molecule has 0 spiro atoms. The van der Waals surface area contributed by atoms with Crippen LogP contribution in [-0.4, -0.2) is 280 Å². The number of aliphatic hydroxyl groups is 1. The van der Waals surface area contributed by atoms with E-state index < -0.39 is 0 Å². The maximum absolute atomic E-state index is 8.86. The molecule has 6 aliphatic heterocycles. The lowest BCUT2D eigenvalue weighted by molar-refractivity contribution is -0.123. The van der Waals surface area contributed by atoms with E-state index in [1.54, 1.807) is 93.0 Å². The van der Waals surface area contributed by atoms with Gasteiger partial charge in [-0.1, -0.05) is 12.1 Å². The molecule has 7 aromatic heterocycles. The fourth-order valence-electron chi connectivity index (χ4n) is 13.9. The summed E-state index contributed by atoms with van der Waals surface area (Å²) in [5.41, 5.74) is 19.8. The van der Waals surface area contributed by atoms with Crippen LogP contribution in [0.1, 0.15) is 73.7 Å². The van der Waals surface area contributed by atoms with Gasteiger partial charge in [0.2, 0.25) is 5.88 Å². The van der Waals surface area contributed by atoms with Crippen LogP contribution in [-0.2, 0) is 61.4 Å². The molecule has 0 radical (unpaired) electrons. The number of carbonyl (C=O) groups is 4. The van der Waals surface area contributed by atoms with E-state index >= 15 is 0 Å². The number of nitrogens with zero attached hydrogens (tertiary/aromatic N) is 19. The average Bonchev–Trinajstić information content (AvgIpc) is 1.75. The Morgan fingerprint density at radius 2 is 0.720 bits per heavy atom. The van der Waals surface area contributed by atoms with Gasteiger partial charge in [0.05, 0.1) is 174 Å². The van der Waals surface area contributed by atoms with Crippen LogP contribution in [0.3, 0.4) is 0 Å². The number of hydrogen-bond donors (Lipinski definition) is 12. The molecule has 0 saturated carbocycles. The first-order valence-corrected chi connectivity index (χ1v) is 43.6. The number of benzene rings is 6. The molecule has 0 unspecified atom stereocenters. The van der Waals surface area contributed by atoms with Crippen molar-refractivity contribution in [1.29, 1.82) is 0 Å². The number of aromatic amines is 1. The number of ether oxygens (including phenoxy) is 12. The molecular weight excluding hydrogens is 1850 g/mol. The van der Waals surface area contributed by atoms with Crippen LogP contribution in [0.2, 0.25) is 0 Å². The summed E-state index contributed by atoms with van der Waals surface area (Å²) in [4.78, 5) is 106. The van der Waals surface area contributed by atoms with Crippen LogP contribution in [0.5, 0.6) is 57.6 Å². The quantitative estimate of drug-likeness (QED) is 0.0142. The minimum absolute atomic E-state index is 0.0529. The smallest absolute Gasteiger partial charge is 0.290 e. The van der Waals surface area contributed by atoms with E-state index in [1.165, 1.54) is 49.1 Å². The first-order chi connectivity index (χ1) is 70.0. The molecule has 0 aliphatic carbocycles. The van der Waals surface area contributed by atoms with Crippen LogP contribution in [0.25, 0.3) is 10.9 Å². The van der Waals surface area contributed by atoms with E-state index in [4.69, 9.17) is 102 Å². The molecule has 47 heteroatoms. The lowest BCUT2D eigenvalue weighted by Crippen LogP contribution is -2.38. The van der Waals surface area contributed by atoms with Crippen molar-refractivity contribution in [2.75, 3.05) is 154 Å². The number of aliphatic imine (C=N–C) groups is 5. The van der Waals surface area contributed by atoms with E-state index in [-0.39, 0.29) is 39.1 Å². The molecule has 47 nitrogen and oxygen atoms in total. The van der Waals surface area contributed by atoms with Crippen molar-refractivity contribution in [3.8, 4) is 57.6 Å². The Labute approximate surface area is 820 Å². The Morgan fingerprint density at radius 1 is 0.371 bits per heavy atom. The number of hydrogen-bond acceptors (Lipinski definition) is 42. The number of aliphatic hydroxyl groups excluding tert-OH is 1. The monoisotopic (exact) mass is 1960 g/mol. The first-order valence-electron chi connectivity index (χ1n) is 43.6. The van der Waals surface area contributed by atoms with Crippen LogP contribution < -0.4 is 79.3 Å². The molecule has 748 valence electrons. The second kappa shape index (κ2) is 58.0. The number of fused-ring (bicyclic) bond motifs is 6. The van der Waals surface area contributed by atoms with Gasteiger partial charge >= 0.3 is 0 Å². The zero-order chi connectivity index (χ0) is 102. The van der Waals surface area contributed by atoms with Crippen LogP contribution in [0.15, 0.2) is 179 Å². The summed E-state index contributed by atoms with van der Waals surface area (Å²) < 4.78 is 64.9. The Hall–Kier alpha value is -17.9. The number of morpholine rings is 1. The highest BCUT2D eigenvalue weighted by atomic mass is 16.5. The molecule has 19 rings (SSSR count). The van der Waals surface area contributed by atoms with Gasteiger partial charge in [-0.05, 0) is 142 Å². The van der Waals surface area contributed by atoms with Gasteiger partial charge in [-0.3, -0.25) is 54.1 Å². The van der Waals surface area contributed by atoms with Gasteiger partial charge in [0.15, 0.2) is 57.8 Å². The summed E-state index contributed by atoms with van der Waals surface area (Å²) in [7, 11) is 11.3. The second-order valence-electron chi connectivity index (χ2n) is 29.5. The van der Waals surface area contributed by atoms with Crippen LogP contribution in [0, 0.1) is 13.8 Å². The largest absolute Gasteiger partial charge is 0.495 e. The maximum Gasteiger partial charge on any atom is 0.290 e. The van der Waals surface area contributed by atoms with Gasteiger partial charge in [0, 0.05) is 86.7 Å². The minimum Gasteiger partial charge on any atom is -0.495 e. The predicted octanol–water partition coefficient (Wildman–Crippen LogP) is 11.8. The lowest BCUT2D eigenvalue weighted by Gasteiger charge is -2.26. The Morgan fingerprint density at radius 3 is 1.11 bits per heavy atom. The normalized spacial score (nSPS) is 12.0. The van der Waals surface area contributed by atoms with E-state index in [1.807, 2.05) is 93.5 Å². The van der Waals surface area contributed by atoms with E-state index in [9.17, 15) is 0 Å². The van der Waals surface area contributed by atoms with Gasteiger partial charge in [0.25, 0.3) is 25.9 Å². The van der Waals surface area contributed by atoms with Crippen molar-refractivity contribution in [2.45, 2.75) is 53.5 Å². The van der Waals surface area contributed by atoms with Crippen molar-refractivity contribution in [1.82, 2.24) is 74.9 Å². The molecule has 13 heterocycles. The van der Waals surface area contributed by atoms with Crippen molar-refractivity contribution < 1.29 is 102 Å². The molecule has 0 amide bonds. The van der Waals surface area contributed by atoms with Gasteiger partial charge in [-0.25, -0.2) is 59.8 Å². The molecule has 0 atom stereocenters. The Kier molecular flexibility index (Phi) is 43.5. The standard InChI is InChI=1S/C18H22N6O3.C16H18N4O2.2C15H16N4O2.2C14H14N4O2.4CH2O2/c1-25-16-9-14-13(10-21-23-14)8-15(16)22-18-17(11-19-12-20-18)27-7-4-24-2-5-26-6-3-24;1-11-5-12-7-17-8-13(12)6-14(11)20-16-15(9-18-10-19-16)22-4-3-21-2;1-10-4-11-6-16-7-12(11)5-13(10)19-15-14(21-3-2-20)8-17-9-18-15;1-3-21-14-8-17-9-18-15(14)19-12-4-10-6-16-7-11(10)5-13(12)20-2;1-19-12-4-10-7-15-6-9(10)3-11(12)18-13-5-14(20-2)17-8-16-13;1-19-12-4-10-6-15-5-9(10)3-11(12)18-14-13(20-2)7-16-8-17-14;4*2-1-3/h8-12H,2-7H2,1H3,(H,21,23)(H,19,20,22);5-6,8-10H,3-4,7H2,1-2H3,(H,18,19,20);4-5,7-9,20H,2-3,6H2,1H3,(H,17,18,19);4-6,8-9H,3,7H2,1-2H3,(H,17,18,19);3-6,8H,7H2,1-2H3,(H,16,17,18);3-5,7-8H,6H2,1-2H3,(H,16,17,18);4*1H,(H,2,3). The summed E-state index contributed by atoms with van der Waals surface area (Å²) in [6.45, 7) is 15.1. The van der Waals surface area contributed by atoms with Crippen molar-refractivity contribution in [3.05, 3.63) is 221 Å². The van der Waals surface area contributed by atoms with Crippen LogP contribution in [0.4, 0.5) is 69.0 Å². The fourth-order valence-corrected chi connectivity index (χ4v) is 13.9. The van der Waals surface area contributed by atoms with Gasteiger partial charge in [-0.15, -0.1) is 0 Å². The highest BCUT2D eigenvalue weighted by molar-refractivity contribution is 5.92. The van der Waals surface area contributed by atoms with Crippen LogP contribution >= 0.6 is 0 Å². The number of aromatic nitrogens is 14. The number of rotatable bonds is 31. The highest BCUT2D eigenvalue weighted by Crippen LogP contribution is 2.40. The maximum atomic E-state index is 8.86. The van der Waals surface area contributed by atoms with E-state index in [0.717, 1.165) is 164 Å². The summed E-state index contributed by atoms with van der Waals surface area (Å²) in [5, 5.41) is 63.9. The number of nitrogens with one attached hydrogen (secondary N) is 7. The molecular formula is C96H108N26O21. The van der Waals surface area contributed by atoms with Crippen molar-refractivity contribution in [3.63, 3.8) is 0 Å². The molecule has 13 aromatic rings. The molecule has 6 aliphatic rings. The third kappa shape index (κ3) is 31.8. The average molecular weight is 1960 g/mol. The Bertz CT molecular complexity index is 6440. The Balaban J connectivity index is 0.000000173. The second-order valence-corrected chi connectivity index (χ2v) is 29.5.